The van der Waals surface area contributed by atoms with Crippen LogP contribution in [0.25, 0.3) is 27.5 Å². The summed E-state index contributed by atoms with van der Waals surface area (Å²) in [5.41, 5.74) is 3.72. The molecule has 150 valence electrons. The maximum Gasteiger partial charge on any atom is 0.209 e. The van der Waals surface area contributed by atoms with E-state index in [4.69, 9.17) is 11.6 Å². The van der Waals surface area contributed by atoms with Gasteiger partial charge in [0.1, 0.15) is 6.33 Å². The molecular formula is C26H17ClN2O2. The van der Waals surface area contributed by atoms with Crippen LogP contribution in [-0.4, -0.2) is 21.0 Å². The predicted octanol–water partition coefficient (Wildman–Crippen LogP) is 6.24. The number of carbonyl (C=O) groups excluding carboxylic acids is 2. The normalized spacial score (nSPS) is 11.2. The first-order valence-corrected chi connectivity index (χ1v) is 10.2. The molecule has 4 nitrogen and oxygen atoms in total. The molecule has 0 saturated carbocycles. The van der Waals surface area contributed by atoms with E-state index in [0.29, 0.717) is 27.4 Å². The summed E-state index contributed by atoms with van der Waals surface area (Å²) < 4.78 is 1.68. The van der Waals surface area contributed by atoms with Gasteiger partial charge in [-0.2, -0.15) is 0 Å². The van der Waals surface area contributed by atoms with Crippen molar-refractivity contribution in [1.82, 2.24) is 9.38 Å². The molecule has 5 aromatic rings. The van der Waals surface area contributed by atoms with Gasteiger partial charge in [0.25, 0.3) is 0 Å². The molecule has 2 heterocycles. The molecule has 0 aliphatic rings. The van der Waals surface area contributed by atoms with Gasteiger partial charge in [0.05, 0.1) is 16.9 Å². The standard InChI is InChI=1S/C26H17ClN2O2/c1-16(30)22-13-25(26(31)18-8-10-21(27)11-9-18)29-15-28-23(14-24(22)29)20-7-6-17-4-2-3-5-19(17)12-20/h2-15H,1H3. The van der Waals surface area contributed by atoms with Crippen LogP contribution in [0.4, 0.5) is 0 Å². The molecule has 0 aliphatic heterocycles. The number of fused-ring (bicyclic) bond motifs is 2. The van der Waals surface area contributed by atoms with Gasteiger partial charge in [0.15, 0.2) is 5.78 Å². The van der Waals surface area contributed by atoms with Gasteiger partial charge in [0.2, 0.25) is 5.78 Å². The van der Waals surface area contributed by atoms with Crippen LogP contribution in [0.3, 0.4) is 0 Å². The smallest absolute Gasteiger partial charge is 0.209 e. The van der Waals surface area contributed by atoms with Crippen molar-refractivity contribution in [2.45, 2.75) is 6.92 Å². The summed E-state index contributed by atoms with van der Waals surface area (Å²) in [7, 11) is 0. The number of Topliss-reactive ketones (excluding diaryl/α,β-unsaturated/α-hetero) is 1. The third-order valence-corrected chi connectivity index (χ3v) is 5.68. The molecule has 0 spiro atoms. The van der Waals surface area contributed by atoms with Crippen LogP contribution in [0.2, 0.25) is 5.02 Å². The van der Waals surface area contributed by atoms with Crippen LogP contribution in [-0.2, 0) is 0 Å². The van der Waals surface area contributed by atoms with E-state index in [1.165, 1.54) is 6.92 Å². The Hall–Kier alpha value is -3.76. The second-order valence-electron chi connectivity index (χ2n) is 7.43. The zero-order valence-electron chi connectivity index (χ0n) is 16.7. The third-order valence-electron chi connectivity index (χ3n) is 5.43. The summed E-state index contributed by atoms with van der Waals surface area (Å²) in [6.07, 6.45) is 1.61. The van der Waals surface area contributed by atoms with Crippen LogP contribution in [0, 0.1) is 0 Å². The van der Waals surface area contributed by atoms with Gasteiger partial charge < -0.3 is 0 Å². The van der Waals surface area contributed by atoms with E-state index in [-0.39, 0.29) is 11.6 Å². The highest BCUT2D eigenvalue weighted by Gasteiger charge is 2.20. The SMILES string of the molecule is CC(=O)c1cc(C(=O)c2ccc(Cl)cc2)n2cnc(-c3ccc4ccccc4c3)cc12. The molecular weight excluding hydrogens is 408 g/mol. The lowest BCUT2D eigenvalue weighted by molar-refractivity contribution is 0.101. The summed E-state index contributed by atoms with van der Waals surface area (Å²) in [5, 5.41) is 2.82. The van der Waals surface area contributed by atoms with Crippen molar-refractivity contribution in [2.75, 3.05) is 0 Å². The fourth-order valence-corrected chi connectivity index (χ4v) is 3.94. The minimum atomic E-state index is -0.195. The highest BCUT2D eigenvalue weighted by Crippen LogP contribution is 2.27. The first-order valence-electron chi connectivity index (χ1n) is 9.83. The number of benzene rings is 3. The minimum Gasteiger partial charge on any atom is -0.296 e. The number of nitrogens with zero attached hydrogens (tertiary/aromatic N) is 2. The molecule has 2 aromatic heterocycles. The lowest BCUT2D eigenvalue weighted by Gasteiger charge is -2.07. The van der Waals surface area contributed by atoms with Crippen LogP contribution in [0.15, 0.2) is 85.2 Å². The number of hydrogen-bond acceptors (Lipinski definition) is 3. The van der Waals surface area contributed by atoms with E-state index in [9.17, 15) is 9.59 Å². The molecule has 0 fully saturated rings. The maximum absolute atomic E-state index is 13.1. The Balaban J connectivity index is 1.65. The second kappa shape index (κ2) is 7.49. The first-order chi connectivity index (χ1) is 15.0. The molecule has 0 atom stereocenters. The summed E-state index contributed by atoms with van der Waals surface area (Å²) >= 11 is 5.94. The van der Waals surface area contributed by atoms with Crippen molar-refractivity contribution in [2.24, 2.45) is 0 Å². The molecule has 0 bridgehead atoms. The molecule has 5 heteroatoms. The van der Waals surface area contributed by atoms with Gasteiger partial charge in [-0.1, -0.05) is 48.0 Å². The number of rotatable bonds is 4. The first kappa shape index (κ1) is 19.2. The van der Waals surface area contributed by atoms with Gasteiger partial charge in [0, 0.05) is 21.7 Å². The van der Waals surface area contributed by atoms with Crippen LogP contribution < -0.4 is 0 Å². The Kier molecular flexibility index (Phi) is 4.64. The maximum atomic E-state index is 13.1. The van der Waals surface area contributed by atoms with Crippen LogP contribution in [0.1, 0.15) is 33.3 Å². The van der Waals surface area contributed by atoms with Crippen molar-refractivity contribution in [3.8, 4) is 11.3 Å². The number of hydrogen-bond donors (Lipinski definition) is 0. The highest BCUT2D eigenvalue weighted by molar-refractivity contribution is 6.30. The molecule has 3 aromatic carbocycles. The Bertz CT molecular complexity index is 1480. The Morgan fingerprint density at radius 2 is 1.61 bits per heavy atom. The fraction of sp³-hybridized carbons (Fsp3) is 0.0385. The summed E-state index contributed by atoms with van der Waals surface area (Å²) in [5.74, 6) is -0.303. The summed E-state index contributed by atoms with van der Waals surface area (Å²) in [4.78, 5) is 30.0. The lowest BCUT2D eigenvalue weighted by Crippen LogP contribution is -2.05. The van der Waals surface area contributed by atoms with Gasteiger partial charge in [-0.3, -0.25) is 14.0 Å². The topological polar surface area (TPSA) is 51.4 Å². The van der Waals surface area contributed by atoms with E-state index in [0.717, 1.165) is 22.0 Å². The Morgan fingerprint density at radius 3 is 2.35 bits per heavy atom. The largest absolute Gasteiger partial charge is 0.296 e. The van der Waals surface area contributed by atoms with Gasteiger partial charge in [-0.05, 0) is 60.2 Å². The molecule has 0 N–H and O–H groups in total. The summed E-state index contributed by atoms with van der Waals surface area (Å²) in [6.45, 7) is 1.50. The second-order valence-corrected chi connectivity index (χ2v) is 7.86. The predicted molar refractivity (Wildman–Crippen MR) is 123 cm³/mol. The Labute approximate surface area is 183 Å². The average molecular weight is 425 g/mol. The lowest BCUT2D eigenvalue weighted by atomic mass is 10.0. The van der Waals surface area contributed by atoms with Crippen molar-refractivity contribution < 1.29 is 9.59 Å². The molecule has 0 unspecified atom stereocenters. The average Bonchev–Trinajstić information content (AvgIpc) is 3.18. The molecule has 0 amide bonds. The quantitative estimate of drug-likeness (QED) is 0.321. The number of carbonyl (C=O) groups is 2. The number of aromatic nitrogens is 2. The van der Waals surface area contributed by atoms with E-state index < -0.39 is 0 Å². The zero-order chi connectivity index (χ0) is 21.5. The van der Waals surface area contributed by atoms with Gasteiger partial charge in [-0.25, -0.2) is 4.98 Å². The molecule has 0 aliphatic carbocycles. The van der Waals surface area contributed by atoms with Crippen LogP contribution in [0.5, 0.6) is 0 Å². The molecule has 0 saturated heterocycles. The minimum absolute atomic E-state index is 0.108. The fourth-order valence-electron chi connectivity index (χ4n) is 3.81. The van der Waals surface area contributed by atoms with E-state index in [2.05, 4.69) is 29.2 Å². The van der Waals surface area contributed by atoms with Gasteiger partial charge >= 0.3 is 0 Å². The summed E-state index contributed by atoms with van der Waals surface area (Å²) in [6, 6.07) is 24.5. The molecule has 31 heavy (non-hydrogen) atoms. The van der Waals surface area contributed by atoms with E-state index in [1.807, 2.05) is 24.3 Å². The van der Waals surface area contributed by atoms with Crippen molar-refractivity contribution in [1.29, 1.82) is 0 Å². The Morgan fingerprint density at radius 1 is 0.871 bits per heavy atom. The highest BCUT2D eigenvalue weighted by atomic mass is 35.5. The molecule has 0 radical (unpaired) electrons. The van der Waals surface area contributed by atoms with Crippen molar-refractivity contribution in [3.05, 3.63) is 107 Å². The van der Waals surface area contributed by atoms with Crippen molar-refractivity contribution in [3.63, 3.8) is 0 Å². The monoisotopic (exact) mass is 424 g/mol. The van der Waals surface area contributed by atoms with Crippen LogP contribution >= 0.6 is 11.6 Å². The zero-order valence-corrected chi connectivity index (χ0v) is 17.4. The van der Waals surface area contributed by atoms with E-state index >= 15 is 0 Å². The number of halogens is 1. The van der Waals surface area contributed by atoms with E-state index in [1.54, 1.807) is 41.1 Å². The van der Waals surface area contributed by atoms with Crippen molar-refractivity contribution >= 4 is 39.5 Å². The number of ketones is 2. The third kappa shape index (κ3) is 3.41. The van der Waals surface area contributed by atoms with Gasteiger partial charge in [-0.15, -0.1) is 0 Å². The molecule has 5 rings (SSSR count).